The number of nitrogens with two attached hydrogens (primary N) is 2. The Morgan fingerprint density at radius 1 is 1.30 bits per heavy atom. The molecule has 2 aromatic heterocycles. The number of nitrogens with one attached hydrogen (secondary N) is 2. The zero-order valence-corrected chi connectivity index (χ0v) is 17.3. The number of benzene rings is 1. The first kappa shape index (κ1) is 21.4. The molecule has 160 valence electrons. The normalized spacial score (nSPS) is 12.1. The van der Waals surface area contributed by atoms with Crippen molar-refractivity contribution in [2.24, 2.45) is 11.5 Å². The van der Waals surface area contributed by atoms with E-state index in [1.54, 1.807) is 0 Å². The van der Waals surface area contributed by atoms with Gasteiger partial charge >= 0.3 is 0 Å². The van der Waals surface area contributed by atoms with Gasteiger partial charge in [-0.3, -0.25) is 9.48 Å². The Bertz CT molecular complexity index is 1030. The Labute approximate surface area is 174 Å². The van der Waals surface area contributed by atoms with Gasteiger partial charge in [0.1, 0.15) is 0 Å². The number of aryl methyl sites for hydroxylation is 2. The fourth-order valence-electron chi connectivity index (χ4n) is 2.94. The average Bonchev–Trinajstić information content (AvgIpc) is 3.14. The predicted molar refractivity (Wildman–Crippen MR) is 115 cm³/mol. The van der Waals surface area contributed by atoms with Crippen molar-refractivity contribution in [3.05, 3.63) is 29.6 Å². The van der Waals surface area contributed by atoms with Crippen LogP contribution in [0.5, 0.6) is 0 Å². The molecule has 6 N–H and O–H groups in total. The third-order valence-corrected chi connectivity index (χ3v) is 4.41. The molecule has 11 heteroatoms. The lowest BCUT2D eigenvalue weighted by molar-refractivity contribution is 0.0995. The maximum atomic E-state index is 11.8. The van der Waals surface area contributed by atoms with E-state index in [0.29, 0.717) is 19.8 Å². The lowest BCUT2D eigenvalue weighted by Crippen LogP contribution is -2.34. The molecule has 1 atom stereocenters. The minimum absolute atomic E-state index is 0.0545. The highest BCUT2D eigenvalue weighted by atomic mass is 16.5. The van der Waals surface area contributed by atoms with Gasteiger partial charge in [0.15, 0.2) is 11.5 Å². The first-order valence-electron chi connectivity index (χ1n) is 9.77. The van der Waals surface area contributed by atoms with E-state index in [0.717, 1.165) is 28.7 Å². The monoisotopic (exact) mass is 413 g/mol. The standard InChI is InChI=1S/C19H27N9O2/c1-4-28-9-12-7-14(6-11(3)15(12)27-28)23-18-16(17(21)29)25-26-19(24-18)22-8-13(20)10-30-5-2/h6-7,9,13H,4-5,8,10,20H2,1-3H3,(H2,21,29)(H2,22,23,24,26)/t13-/m1/s1. The van der Waals surface area contributed by atoms with Gasteiger partial charge in [0, 0.05) is 43.0 Å². The summed E-state index contributed by atoms with van der Waals surface area (Å²) in [6, 6.07) is 3.62. The molecule has 0 aliphatic rings. The van der Waals surface area contributed by atoms with Crippen LogP contribution in [0.25, 0.3) is 10.9 Å². The molecule has 3 aromatic rings. The topological polar surface area (TPSA) is 159 Å². The van der Waals surface area contributed by atoms with Crippen LogP contribution in [0, 0.1) is 6.92 Å². The molecule has 0 aliphatic carbocycles. The lowest BCUT2D eigenvalue weighted by atomic mass is 10.1. The van der Waals surface area contributed by atoms with Gasteiger partial charge in [-0.15, -0.1) is 10.2 Å². The van der Waals surface area contributed by atoms with Gasteiger partial charge in [-0.2, -0.15) is 10.1 Å². The SMILES string of the molecule is CCOC[C@H](N)CNc1nnc(C(N)=O)c(Nc2cc(C)c3nn(CC)cc3c2)n1. The molecule has 11 nitrogen and oxygen atoms in total. The zero-order valence-electron chi connectivity index (χ0n) is 17.3. The summed E-state index contributed by atoms with van der Waals surface area (Å²) in [5, 5.41) is 19.5. The first-order valence-corrected chi connectivity index (χ1v) is 9.77. The first-order chi connectivity index (χ1) is 14.4. The summed E-state index contributed by atoms with van der Waals surface area (Å²) >= 11 is 0. The van der Waals surface area contributed by atoms with Crippen molar-refractivity contribution in [3.63, 3.8) is 0 Å². The quantitative estimate of drug-likeness (QED) is 0.382. The van der Waals surface area contributed by atoms with E-state index >= 15 is 0 Å². The number of hydrogen-bond donors (Lipinski definition) is 4. The van der Waals surface area contributed by atoms with Crippen LogP contribution in [0.4, 0.5) is 17.5 Å². The van der Waals surface area contributed by atoms with Gasteiger partial charge in [-0.25, -0.2) is 0 Å². The van der Waals surface area contributed by atoms with Crippen LogP contribution in [-0.2, 0) is 11.3 Å². The fraction of sp³-hybridized carbons (Fsp3) is 0.421. The van der Waals surface area contributed by atoms with E-state index in [4.69, 9.17) is 16.2 Å². The van der Waals surface area contributed by atoms with E-state index in [9.17, 15) is 4.79 Å². The Morgan fingerprint density at radius 2 is 2.10 bits per heavy atom. The van der Waals surface area contributed by atoms with E-state index in [2.05, 4.69) is 30.9 Å². The largest absolute Gasteiger partial charge is 0.380 e. The van der Waals surface area contributed by atoms with Gasteiger partial charge in [0.2, 0.25) is 5.95 Å². The van der Waals surface area contributed by atoms with Gasteiger partial charge < -0.3 is 26.8 Å². The molecule has 0 bridgehead atoms. The number of nitrogens with zero attached hydrogens (tertiary/aromatic N) is 5. The maximum Gasteiger partial charge on any atom is 0.273 e. The Morgan fingerprint density at radius 3 is 2.80 bits per heavy atom. The number of anilines is 3. The Balaban J connectivity index is 1.84. The van der Waals surface area contributed by atoms with Gasteiger partial charge in [0.05, 0.1) is 12.1 Å². The second kappa shape index (κ2) is 9.46. The molecule has 30 heavy (non-hydrogen) atoms. The third kappa shape index (κ3) is 4.99. The molecule has 0 unspecified atom stereocenters. The minimum atomic E-state index is -0.728. The summed E-state index contributed by atoms with van der Waals surface area (Å²) in [6.07, 6.45) is 1.97. The van der Waals surface area contributed by atoms with E-state index in [1.165, 1.54) is 0 Å². The summed E-state index contributed by atoms with van der Waals surface area (Å²) in [4.78, 5) is 16.2. The van der Waals surface area contributed by atoms with Crippen molar-refractivity contribution in [1.82, 2.24) is 25.0 Å². The number of aromatic nitrogens is 5. The molecule has 0 spiro atoms. The number of amides is 1. The number of ether oxygens (including phenoxy) is 1. The Kier molecular flexibility index (Phi) is 6.75. The molecule has 2 heterocycles. The number of carbonyl (C=O) groups excluding carboxylic acids is 1. The van der Waals surface area contributed by atoms with Gasteiger partial charge in [-0.05, 0) is 38.5 Å². The van der Waals surface area contributed by atoms with E-state index in [-0.39, 0.29) is 23.5 Å². The van der Waals surface area contributed by atoms with Crippen molar-refractivity contribution in [2.75, 3.05) is 30.4 Å². The highest BCUT2D eigenvalue weighted by Crippen LogP contribution is 2.25. The third-order valence-electron chi connectivity index (χ3n) is 4.41. The lowest BCUT2D eigenvalue weighted by Gasteiger charge is -2.14. The van der Waals surface area contributed by atoms with Crippen LogP contribution in [-0.4, -0.2) is 56.7 Å². The molecule has 0 radical (unpaired) electrons. The molecule has 0 saturated heterocycles. The number of fused-ring (bicyclic) bond motifs is 1. The zero-order chi connectivity index (χ0) is 21.7. The number of primary amides is 1. The van der Waals surface area contributed by atoms with Crippen molar-refractivity contribution in [3.8, 4) is 0 Å². The van der Waals surface area contributed by atoms with Crippen molar-refractivity contribution >= 4 is 34.3 Å². The number of hydrogen-bond acceptors (Lipinski definition) is 9. The summed E-state index contributed by atoms with van der Waals surface area (Å²) in [5.41, 5.74) is 14.0. The number of carbonyl (C=O) groups is 1. The molecular formula is C19H27N9O2. The van der Waals surface area contributed by atoms with Crippen molar-refractivity contribution in [2.45, 2.75) is 33.4 Å². The number of rotatable bonds is 10. The van der Waals surface area contributed by atoms with Crippen LogP contribution in [0.1, 0.15) is 29.9 Å². The second-order valence-electron chi connectivity index (χ2n) is 6.84. The van der Waals surface area contributed by atoms with Crippen LogP contribution in [0.2, 0.25) is 0 Å². The molecular weight excluding hydrogens is 386 g/mol. The maximum absolute atomic E-state index is 11.8. The van der Waals surface area contributed by atoms with Gasteiger partial charge in [0.25, 0.3) is 5.91 Å². The average molecular weight is 413 g/mol. The molecule has 0 fully saturated rings. The highest BCUT2D eigenvalue weighted by molar-refractivity contribution is 5.96. The van der Waals surface area contributed by atoms with Crippen LogP contribution in [0.3, 0.4) is 0 Å². The second-order valence-corrected chi connectivity index (χ2v) is 6.84. The van der Waals surface area contributed by atoms with Crippen molar-refractivity contribution < 1.29 is 9.53 Å². The fourth-order valence-corrected chi connectivity index (χ4v) is 2.94. The highest BCUT2D eigenvalue weighted by Gasteiger charge is 2.16. The molecule has 1 aromatic carbocycles. The van der Waals surface area contributed by atoms with Gasteiger partial charge in [-0.1, -0.05) is 0 Å². The summed E-state index contributed by atoms with van der Waals surface area (Å²) in [6.45, 7) is 8.07. The predicted octanol–water partition coefficient (Wildman–Crippen LogP) is 1.17. The van der Waals surface area contributed by atoms with Crippen LogP contribution < -0.4 is 22.1 Å². The Hall–Kier alpha value is -3.31. The van der Waals surface area contributed by atoms with Crippen LogP contribution >= 0.6 is 0 Å². The van der Waals surface area contributed by atoms with E-state index < -0.39 is 5.91 Å². The summed E-state index contributed by atoms with van der Waals surface area (Å²) in [5.74, 6) is -0.292. The molecule has 0 aliphatic heterocycles. The smallest absolute Gasteiger partial charge is 0.273 e. The summed E-state index contributed by atoms with van der Waals surface area (Å²) < 4.78 is 7.16. The van der Waals surface area contributed by atoms with Crippen molar-refractivity contribution in [1.29, 1.82) is 0 Å². The van der Waals surface area contributed by atoms with E-state index in [1.807, 2.05) is 43.8 Å². The summed E-state index contributed by atoms with van der Waals surface area (Å²) in [7, 11) is 0. The molecule has 3 rings (SSSR count). The molecule has 0 saturated carbocycles. The van der Waals surface area contributed by atoms with Crippen LogP contribution in [0.15, 0.2) is 18.3 Å². The molecule has 1 amide bonds. The minimum Gasteiger partial charge on any atom is -0.380 e.